The van der Waals surface area contributed by atoms with Gasteiger partial charge in [0.2, 0.25) is 0 Å². The van der Waals surface area contributed by atoms with Gasteiger partial charge in [-0.3, -0.25) is 14.4 Å². The van der Waals surface area contributed by atoms with Crippen LogP contribution in [0.25, 0.3) is 0 Å². The number of carbonyl (C=O) groups is 3. The minimum Gasteiger partial charge on any atom is -0.462 e. The highest BCUT2D eigenvalue weighted by molar-refractivity contribution is 5.71. The van der Waals surface area contributed by atoms with Crippen LogP contribution < -0.4 is 0 Å². The number of carbonyl (C=O) groups excluding carboxylic acids is 3. The summed E-state index contributed by atoms with van der Waals surface area (Å²) in [6.07, 6.45) is 67.5. The van der Waals surface area contributed by atoms with Crippen LogP contribution in [0.3, 0.4) is 0 Å². The van der Waals surface area contributed by atoms with E-state index in [1.165, 1.54) is 141 Å². The molecule has 0 aliphatic heterocycles. The van der Waals surface area contributed by atoms with E-state index < -0.39 is 6.10 Å². The van der Waals surface area contributed by atoms with Crippen molar-refractivity contribution < 1.29 is 28.6 Å². The number of ether oxygens (including phenoxy) is 3. The molecule has 1 atom stereocenters. The first-order chi connectivity index (χ1) is 32.0. The van der Waals surface area contributed by atoms with E-state index in [1.54, 1.807) is 0 Å². The summed E-state index contributed by atoms with van der Waals surface area (Å²) in [6, 6.07) is 0. The quantitative estimate of drug-likeness (QED) is 0.0262. The molecule has 0 unspecified atom stereocenters. The van der Waals surface area contributed by atoms with Crippen molar-refractivity contribution in [2.45, 2.75) is 271 Å². The summed E-state index contributed by atoms with van der Waals surface area (Å²) in [5.74, 6) is -0.966. The number of hydrogen-bond acceptors (Lipinski definition) is 6. The summed E-state index contributed by atoms with van der Waals surface area (Å²) in [6.45, 7) is 6.52. The van der Waals surface area contributed by atoms with Gasteiger partial charge in [-0.15, -0.1) is 0 Å². The first-order valence-corrected chi connectivity index (χ1v) is 27.4. The molecule has 0 bridgehead atoms. The summed E-state index contributed by atoms with van der Waals surface area (Å²) < 4.78 is 16.8. The number of esters is 3. The number of allylic oxidation sites excluding steroid dienone is 12. The lowest BCUT2D eigenvalue weighted by atomic mass is 10.1. The molecule has 0 amide bonds. The number of rotatable bonds is 49. The third-order valence-corrected chi connectivity index (χ3v) is 11.7. The van der Waals surface area contributed by atoms with Crippen LogP contribution >= 0.6 is 0 Å². The van der Waals surface area contributed by atoms with Crippen molar-refractivity contribution in [3.8, 4) is 0 Å². The van der Waals surface area contributed by atoms with E-state index in [0.717, 1.165) is 77.0 Å². The summed E-state index contributed by atoms with van der Waals surface area (Å²) in [4.78, 5) is 38.0. The Morgan fingerprint density at radius 1 is 0.308 bits per heavy atom. The van der Waals surface area contributed by atoms with Crippen LogP contribution in [0.4, 0.5) is 0 Å². The molecule has 0 aliphatic carbocycles. The van der Waals surface area contributed by atoms with Crippen LogP contribution in [0, 0.1) is 0 Å². The highest BCUT2D eigenvalue weighted by Gasteiger charge is 2.19. The van der Waals surface area contributed by atoms with Crippen molar-refractivity contribution in [3.63, 3.8) is 0 Å². The van der Waals surface area contributed by atoms with Gasteiger partial charge in [-0.25, -0.2) is 0 Å². The molecular weight excluding hydrogens is 805 g/mol. The third-order valence-electron chi connectivity index (χ3n) is 11.7. The lowest BCUT2D eigenvalue weighted by molar-refractivity contribution is -0.167. The predicted octanol–water partition coefficient (Wildman–Crippen LogP) is 18.2. The van der Waals surface area contributed by atoms with Gasteiger partial charge < -0.3 is 14.2 Å². The minimum absolute atomic E-state index is 0.100. The van der Waals surface area contributed by atoms with Gasteiger partial charge in [-0.05, 0) is 103 Å². The molecule has 6 nitrogen and oxygen atoms in total. The summed E-state index contributed by atoms with van der Waals surface area (Å²) >= 11 is 0. The Morgan fingerprint density at radius 2 is 0.585 bits per heavy atom. The van der Waals surface area contributed by atoms with E-state index in [9.17, 15) is 14.4 Å². The maximum atomic E-state index is 12.8. The normalized spacial score (nSPS) is 12.6. The highest BCUT2D eigenvalue weighted by atomic mass is 16.6. The topological polar surface area (TPSA) is 78.9 Å². The first-order valence-electron chi connectivity index (χ1n) is 27.4. The molecule has 0 saturated carbocycles. The standard InChI is InChI=1S/C59H102O6/c1-4-7-10-13-16-19-22-24-26-28-29-31-32-34-37-40-43-46-49-52-58(61)64-55-56(54-63-57(60)51-48-45-42-39-36-21-18-15-12-9-6-3)65-59(62)53-50-47-44-41-38-35-33-30-27-25-23-20-17-14-11-8-5-2/h15,17-18,20,24-27,33,35,41,44,56H,4-14,16,19,21-23,28-32,34,36-40,42-43,45-55H2,1-3H3/b18-15-,20-17-,26-24-,27-25-,35-33-,44-41-/t56-/m0/s1. The van der Waals surface area contributed by atoms with Crippen molar-refractivity contribution in [1.29, 1.82) is 0 Å². The largest absolute Gasteiger partial charge is 0.462 e. The zero-order valence-corrected chi connectivity index (χ0v) is 42.7. The zero-order chi connectivity index (χ0) is 47.2. The molecule has 0 saturated heterocycles. The second-order valence-corrected chi connectivity index (χ2v) is 18.1. The Morgan fingerprint density at radius 3 is 1.00 bits per heavy atom. The number of unbranched alkanes of at least 4 members (excludes halogenated alkanes) is 26. The van der Waals surface area contributed by atoms with Gasteiger partial charge in [0, 0.05) is 19.3 Å². The van der Waals surface area contributed by atoms with Crippen LogP contribution in [0.2, 0.25) is 0 Å². The molecular formula is C59H102O6. The molecule has 0 rings (SSSR count). The second-order valence-electron chi connectivity index (χ2n) is 18.1. The number of hydrogen-bond donors (Lipinski definition) is 0. The van der Waals surface area contributed by atoms with Gasteiger partial charge in [-0.1, -0.05) is 216 Å². The van der Waals surface area contributed by atoms with Gasteiger partial charge in [0.05, 0.1) is 0 Å². The van der Waals surface area contributed by atoms with Gasteiger partial charge >= 0.3 is 17.9 Å². The van der Waals surface area contributed by atoms with Crippen LogP contribution in [0.1, 0.15) is 265 Å². The minimum atomic E-state index is -0.807. The molecule has 0 aromatic carbocycles. The van der Waals surface area contributed by atoms with Gasteiger partial charge in [-0.2, -0.15) is 0 Å². The Bertz CT molecular complexity index is 1230. The SMILES string of the molecule is CCCC/C=C\CCCCCCCC(=O)OC[C@@H](COC(=O)CCCCCCCCCCC/C=C\CCCCCCCC)OC(=O)CCC/C=C\C/C=C\C/C=C\C/C=C\CCCCC. The van der Waals surface area contributed by atoms with Crippen molar-refractivity contribution in [3.05, 3.63) is 72.9 Å². The fourth-order valence-corrected chi connectivity index (χ4v) is 7.47. The summed E-state index contributed by atoms with van der Waals surface area (Å²) in [5, 5.41) is 0. The fourth-order valence-electron chi connectivity index (χ4n) is 7.47. The molecule has 0 N–H and O–H groups in total. The molecule has 0 spiro atoms. The van der Waals surface area contributed by atoms with E-state index in [4.69, 9.17) is 14.2 Å². The average Bonchev–Trinajstić information content (AvgIpc) is 3.30. The molecule has 0 aliphatic rings. The second kappa shape index (κ2) is 53.5. The van der Waals surface area contributed by atoms with E-state index in [2.05, 4.69) is 93.7 Å². The van der Waals surface area contributed by atoms with Crippen molar-refractivity contribution >= 4 is 17.9 Å². The Hall–Kier alpha value is -3.15. The van der Waals surface area contributed by atoms with Crippen molar-refractivity contribution in [2.75, 3.05) is 13.2 Å². The van der Waals surface area contributed by atoms with Crippen LogP contribution in [0.15, 0.2) is 72.9 Å². The summed E-state index contributed by atoms with van der Waals surface area (Å²) in [5.41, 5.74) is 0. The molecule has 0 heterocycles. The van der Waals surface area contributed by atoms with E-state index in [-0.39, 0.29) is 37.5 Å². The maximum absolute atomic E-state index is 12.8. The Kier molecular flexibility index (Phi) is 50.9. The lowest BCUT2D eigenvalue weighted by Crippen LogP contribution is -2.30. The zero-order valence-electron chi connectivity index (χ0n) is 42.7. The smallest absolute Gasteiger partial charge is 0.306 e. The first kappa shape index (κ1) is 61.9. The van der Waals surface area contributed by atoms with E-state index >= 15 is 0 Å². The molecule has 0 radical (unpaired) electrons. The molecule has 65 heavy (non-hydrogen) atoms. The van der Waals surface area contributed by atoms with E-state index in [1.807, 2.05) is 0 Å². The van der Waals surface area contributed by atoms with Gasteiger partial charge in [0.1, 0.15) is 13.2 Å². The van der Waals surface area contributed by atoms with Crippen LogP contribution in [-0.2, 0) is 28.6 Å². The van der Waals surface area contributed by atoms with Crippen LogP contribution in [0.5, 0.6) is 0 Å². The summed E-state index contributed by atoms with van der Waals surface area (Å²) in [7, 11) is 0. The Balaban J connectivity index is 4.42. The molecule has 0 aromatic heterocycles. The Labute approximate surface area is 402 Å². The molecule has 374 valence electrons. The maximum Gasteiger partial charge on any atom is 0.306 e. The highest BCUT2D eigenvalue weighted by Crippen LogP contribution is 2.14. The lowest BCUT2D eigenvalue weighted by Gasteiger charge is -2.18. The predicted molar refractivity (Wildman–Crippen MR) is 279 cm³/mol. The molecule has 0 fully saturated rings. The molecule has 0 aromatic rings. The van der Waals surface area contributed by atoms with Gasteiger partial charge in [0.15, 0.2) is 6.10 Å². The average molecular weight is 907 g/mol. The van der Waals surface area contributed by atoms with Gasteiger partial charge in [0.25, 0.3) is 0 Å². The van der Waals surface area contributed by atoms with Crippen molar-refractivity contribution in [1.82, 2.24) is 0 Å². The third kappa shape index (κ3) is 51.7. The van der Waals surface area contributed by atoms with Crippen molar-refractivity contribution in [2.24, 2.45) is 0 Å². The van der Waals surface area contributed by atoms with E-state index in [0.29, 0.717) is 19.3 Å². The monoisotopic (exact) mass is 907 g/mol. The molecule has 6 heteroatoms. The van der Waals surface area contributed by atoms with Crippen LogP contribution in [-0.4, -0.2) is 37.2 Å². The fraction of sp³-hybridized carbons (Fsp3) is 0.746.